The summed E-state index contributed by atoms with van der Waals surface area (Å²) in [5, 5.41) is 5.22. The number of imidazole rings is 1. The number of hydrogen-bond acceptors (Lipinski definition) is 7. The smallest absolute Gasteiger partial charge is 0.243 e. The maximum absolute atomic E-state index is 13.1. The van der Waals surface area contributed by atoms with E-state index in [-0.39, 0.29) is 4.90 Å². The Balaban J connectivity index is 1.40. The summed E-state index contributed by atoms with van der Waals surface area (Å²) in [6.07, 6.45) is 2.65. The number of rotatable bonds is 8. The van der Waals surface area contributed by atoms with Gasteiger partial charge in [-0.2, -0.15) is 4.31 Å². The third-order valence-electron chi connectivity index (χ3n) is 5.68. The highest BCUT2D eigenvalue weighted by molar-refractivity contribution is 7.98. The summed E-state index contributed by atoms with van der Waals surface area (Å²) < 4.78 is 36.9. The van der Waals surface area contributed by atoms with Crippen molar-refractivity contribution >= 4 is 32.8 Å². The number of aryl methyl sites for hydroxylation is 1. The number of aromatic nitrogens is 5. The van der Waals surface area contributed by atoms with Gasteiger partial charge in [0.1, 0.15) is 12.2 Å². The highest BCUT2D eigenvalue weighted by Gasteiger charge is 2.27. The maximum atomic E-state index is 13.1. The topological polar surface area (TPSA) is 95.1 Å². The van der Waals surface area contributed by atoms with Crippen LogP contribution in [-0.2, 0) is 27.1 Å². The van der Waals surface area contributed by atoms with Gasteiger partial charge in [-0.05, 0) is 36.8 Å². The third-order valence-corrected chi connectivity index (χ3v) is 8.42. The van der Waals surface area contributed by atoms with Crippen LogP contribution in [-0.4, -0.2) is 63.3 Å². The molecule has 34 heavy (non-hydrogen) atoms. The van der Waals surface area contributed by atoms with Crippen LogP contribution in [0.15, 0.2) is 64.9 Å². The summed E-state index contributed by atoms with van der Waals surface area (Å²) in [5.74, 6) is 1.46. The number of ether oxygens (including phenoxy) is 1. The van der Waals surface area contributed by atoms with Crippen molar-refractivity contribution < 1.29 is 13.2 Å². The van der Waals surface area contributed by atoms with Crippen LogP contribution in [0, 0.1) is 0 Å². The van der Waals surface area contributed by atoms with E-state index in [0.29, 0.717) is 42.7 Å². The number of fused-ring (bicyclic) bond motifs is 1. The summed E-state index contributed by atoms with van der Waals surface area (Å²) >= 11 is 1.51. The number of hydrogen-bond donors (Lipinski definition) is 0. The first-order valence-corrected chi connectivity index (χ1v) is 13.7. The summed E-state index contributed by atoms with van der Waals surface area (Å²) in [6, 6.07) is 15.1. The van der Waals surface area contributed by atoms with Gasteiger partial charge in [-0.1, -0.05) is 36.9 Å². The molecule has 2 aromatic heterocycles. The highest BCUT2D eigenvalue weighted by atomic mass is 32.2. The molecule has 5 rings (SSSR count). The molecular weight excluding hydrogens is 472 g/mol. The zero-order valence-corrected chi connectivity index (χ0v) is 20.5. The number of thioether (sulfide) groups is 1. The lowest BCUT2D eigenvalue weighted by atomic mass is 10.3. The largest absolute Gasteiger partial charge is 0.379 e. The monoisotopic (exact) mass is 498 g/mol. The molecule has 1 saturated heterocycles. The van der Waals surface area contributed by atoms with Crippen LogP contribution in [0.3, 0.4) is 0 Å². The van der Waals surface area contributed by atoms with Crippen molar-refractivity contribution in [2.24, 2.45) is 0 Å². The predicted octanol–water partition coefficient (Wildman–Crippen LogP) is 3.34. The van der Waals surface area contributed by atoms with Crippen LogP contribution in [0.2, 0.25) is 0 Å². The van der Waals surface area contributed by atoms with Gasteiger partial charge in [-0.15, -0.1) is 5.10 Å². The number of para-hydroxylation sites is 1. The Morgan fingerprint density at radius 3 is 2.65 bits per heavy atom. The molecule has 11 heteroatoms. The molecule has 178 valence electrons. The van der Waals surface area contributed by atoms with Crippen LogP contribution in [0.5, 0.6) is 0 Å². The molecule has 0 amide bonds. The van der Waals surface area contributed by atoms with E-state index in [0.717, 1.165) is 30.0 Å². The fourth-order valence-electron chi connectivity index (χ4n) is 3.99. The van der Waals surface area contributed by atoms with Crippen LogP contribution < -0.4 is 0 Å². The van der Waals surface area contributed by atoms with E-state index < -0.39 is 10.0 Å². The molecular formula is C23H26N6O3S2. The molecule has 1 aliphatic heterocycles. The normalized spacial score (nSPS) is 15.2. The number of sulfonamides is 1. The van der Waals surface area contributed by atoms with E-state index in [1.807, 2.05) is 36.4 Å². The van der Waals surface area contributed by atoms with Gasteiger partial charge >= 0.3 is 0 Å². The Kier molecular flexibility index (Phi) is 6.68. The van der Waals surface area contributed by atoms with E-state index in [1.165, 1.54) is 16.1 Å². The summed E-state index contributed by atoms with van der Waals surface area (Å²) in [6.45, 7) is 4.49. The Bertz CT molecular complexity index is 1380. The number of benzene rings is 2. The van der Waals surface area contributed by atoms with Gasteiger partial charge in [0.2, 0.25) is 15.2 Å². The lowest BCUT2D eigenvalue weighted by molar-refractivity contribution is 0.0730. The van der Waals surface area contributed by atoms with Crippen molar-refractivity contribution in [1.29, 1.82) is 0 Å². The molecule has 0 bridgehead atoms. The maximum Gasteiger partial charge on any atom is 0.243 e. The second-order valence-electron chi connectivity index (χ2n) is 7.94. The predicted molar refractivity (Wildman–Crippen MR) is 131 cm³/mol. The molecule has 0 N–H and O–H groups in total. The van der Waals surface area contributed by atoms with E-state index in [9.17, 15) is 8.42 Å². The van der Waals surface area contributed by atoms with Gasteiger partial charge in [0.25, 0.3) is 0 Å². The van der Waals surface area contributed by atoms with E-state index in [2.05, 4.69) is 21.6 Å². The minimum absolute atomic E-state index is 0.269. The lowest BCUT2D eigenvalue weighted by Gasteiger charge is -2.26. The molecule has 4 aromatic rings. The van der Waals surface area contributed by atoms with Gasteiger partial charge in [-0.25, -0.2) is 23.1 Å². The SMILES string of the molecule is CCCn1c(CSc2ncn(-c3ccccc3)n2)nc2cc(S(=O)(=O)N3CCOCC3)ccc21. The fourth-order valence-corrected chi connectivity index (χ4v) is 6.16. The van der Waals surface area contributed by atoms with Crippen molar-refractivity contribution in [2.45, 2.75) is 35.7 Å². The fraction of sp³-hybridized carbons (Fsp3) is 0.348. The van der Waals surface area contributed by atoms with Gasteiger partial charge in [-0.3, -0.25) is 0 Å². The second kappa shape index (κ2) is 9.87. The van der Waals surface area contributed by atoms with Gasteiger partial charge in [0.15, 0.2) is 0 Å². The zero-order chi connectivity index (χ0) is 23.5. The molecule has 1 fully saturated rings. The van der Waals surface area contributed by atoms with E-state index >= 15 is 0 Å². The van der Waals surface area contributed by atoms with Crippen LogP contribution in [0.1, 0.15) is 19.2 Å². The van der Waals surface area contributed by atoms with Crippen molar-refractivity contribution in [3.63, 3.8) is 0 Å². The molecule has 0 radical (unpaired) electrons. The Morgan fingerprint density at radius 2 is 1.88 bits per heavy atom. The van der Waals surface area contributed by atoms with Crippen molar-refractivity contribution in [3.8, 4) is 5.69 Å². The van der Waals surface area contributed by atoms with E-state index in [4.69, 9.17) is 9.72 Å². The molecule has 0 saturated carbocycles. The van der Waals surface area contributed by atoms with E-state index in [1.54, 1.807) is 23.1 Å². The average molecular weight is 499 g/mol. The molecule has 0 unspecified atom stereocenters. The molecule has 9 nitrogen and oxygen atoms in total. The summed E-state index contributed by atoms with van der Waals surface area (Å²) in [4.78, 5) is 9.49. The molecule has 3 heterocycles. The first-order valence-electron chi connectivity index (χ1n) is 11.2. The first-order chi connectivity index (χ1) is 16.6. The van der Waals surface area contributed by atoms with Gasteiger partial charge < -0.3 is 9.30 Å². The zero-order valence-electron chi connectivity index (χ0n) is 18.9. The lowest BCUT2D eigenvalue weighted by Crippen LogP contribution is -2.40. The van der Waals surface area contributed by atoms with Crippen LogP contribution in [0.25, 0.3) is 16.7 Å². The summed E-state index contributed by atoms with van der Waals surface area (Å²) in [7, 11) is -3.57. The minimum Gasteiger partial charge on any atom is -0.379 e. The Labute approximate surface area is 202 Å². The minimum atomic E-state index is -3.57. The molecule has 0 aliphatic carbocycles. The number of nitrogens with zero attached hydrogens (tertiary/aromatic N) is 6. The van der Waals surface area contributed by atoms with Crippen LogP contribution in [0.4, 0.5) is 0 Å². The molecule has 2 aromatic carbocycles. The van der Waals surface area contributed by atoms with Gasteiger partial charge in [0.05, 0.1) is 40.6 Å². The van der Waals surface area contributed by atoms with Crippen LogP contribution >= 0.6 is 11.8 Å². The molecule has 1 aliphatic rings. The Hall–Kier alpha value is -2.73. The average Bonchev–Trinajstić information content (AvgIpc) is 3.48. The highest BCUT2D eigenvalue weighted by Crippen LogP contribution is 2.27. The number of morpholine rings is 1. The third kappa shape index (κ3) is 4.61. The van der Waals surface area contributed by atoms with Gasteiger partial charge in [0, 0.05) is 19.6 Å². The summed E-state index contributed by atoms with van der Waals surface area (Å²) in [5.41, 5.74) is 2.57. The second-order valence-corrected chi connectivity index (χ2v) is 10.8. The first kappa shape index (κ1) is 23.0. The quantitative estimate of drug-likeness (QED) is 0.344. The molecule has 0 atom stereocenters. The molecule has 0 spiro atoms. The van der Waals surface area contributed by atoms with Crippen molar-refractivity contribution in [1.82, 2.24) is 28.6 Å². The standard InChI is InChI=1S/C23H26N6O3S2/c1-2-10-28-21-9-8-19(34(30,31)27-11-13-32-14-12-27)15-20(21)25-22(28)16-33-23-24-17-29(26-23)18-6-4-3-5-7-18/h3-9,15,17H,2,10-14,16H2,1H3. The Morgan fingerprint density at radius 1 is 1.09 bits per heavy atom. The van der Waals surface area contributed by atoms with Crippen molar-refractivity contribution in [3.05, 3.63) is 60.7 Å². The van der Waals surface area contributed by atoms with Crippen molar-refractivity contribution in [2.75, 3.05) is 26.3 Å².